The van der Waals surface area contributed by atoms with Crippen molar-refractivity contribution in [2.75, 3.05) is 0 Å². The summed E-state index contributed by atoms with van der Waals surface area (Å²) in [4.78, 5) is 0. The van der Waals surface area contributed by atoms with Gasteiger partial charge in [-0.15, -0.1) is 0 Å². The minimum absolute atomic E-state index is 0.689. The minimum Gasteiger partial charge on any atom is -0.384 e. The van der Waals surface area contributed by atoms with Crippen LogP contribution >= 0.6 is 23.2 Å². The predicted octanol–water partition coefficient (Wildman–Crippen LogP) is 5.54. The normalized spacial score (nSPS) is 12.6. The molecular formula is C18H14Cl2O. The molecular weight excluding hydrogens is 303 g/mol. The first-order chi connectivity index (χ1) is 10.1. The Bertz CT molecular complexity index is 811. The second kappa shape index (κ2) is 5.69. The van der Waals surface area contributed by atoms with Crippen molar-refractivity contribution in [3.8, 4) is 0 Å². The van der Waals surface area contributed by atoms with E-state index in [0.29, 0.717) is 10.0 Å². The zero-order valence-electron chi connectivity index (χ0n) is 11.5. The zero-order valence-corrected chi connectivity index (χ0v) is 13.0. The van der Waals surface area contributed by atoms with Gasteiger partial charge in [0, 0.05) is 15.4 Å². The van der Waals surface area contributed by atoms with Crippen LogP contribution in [0.2, 0.25) is 10.0 Å². The van der Waals surface area contributed by atoms with E-state index in [1.807, 2.05) is 61.5 Å². The lowest BCUT2D eigenvalue weighted by molar-refractivity contribution is 0.222. The van der Waals surface area contributed by atoms with Crippen LogP contribution in [0.5, 0.6) is 0 Å². The van der Waals surface area contributed by atoms with Gasteiger partial charge in [-0.05, 0) is 41.1 Å². The van der Waals surface area contributed by atoms with Crippen LogP contribution in [0.4, 0.5) is 0 Å². The van der Waals surface area contributed by atoms with Crippen LogP contribution in [0.1, 0.15) is 22.8 Å². The first kappa shape index (κ1) is 14.4. The first-order valence-corrected chi connectivity index (χ1v) is 7.45. The minimum atomic E-state index is -0.705. The van der Waals surface area contributed by atoms with Crippen LogP contribution < -0.4 is 0 Å². The number of aliphatic hydroxyl groups excluding tert-OH is 1. The van der Waals surface area contributed by atoms with Gasteiger partial charge in [0.25, 0.3) is 0 Å². The van der Waals surface area contributed by atoms with E-state index < -0.39 is 6.10 Å². The number of fused-ring (bicyclic) bond motifs is 1. The molecule has 0 saturated carbocycles. The third-order valence-corrected chi connectivity index (χ3v) is 4.45. The molecule has 0 saturated heterocycles. The van der Waals surface area contributed by atoms with Gasteiger partial charge >= 0.3 is 0 Å². The zero-order chi connectivity index (χ0) is 15.0. The molecule has 21 heavy (non-hydrogen) atoms. The van der Waals surface area contributed by atoms with E-state index in [4.69, 9.17) is 23.2 Å². The monoisotopic (exact) mass is 316 g/mol. The predicted molar refractivity (Wildman–Crippen MR) is 89.2 cm³/mol. The lowest BCUT2D eigenvalue weighted by Crippen LogP contribution is -2.01. The Morgan fingerprint density at radius 2 is 1.52 bits per heavy atom. The number of aliphatic hydroxyl groups is 1. The number of benzene rings is 3. The molecule has 1 unspecified atom stereocenters. The van der Waals surface area contributed by atoms with Crippen LogP contribution in [0.15, 0.2) is 54.6 Å². The van der Waals surface area contributed by atoms with Gasteiger partial charge in [0.15, 0.2) is 0 Å². The molecule has 0 aliphatic carbocycles. The fraction of sp³-hybridized carbons (Fsp3) is 0.111. The average Bonchev–Trinajstić information content (AvgIpc) is 2.50. The van der Waals surface area contributed by atoms with Crippen molar-refractivity contribution in [3.63, 3.8) is 0 Å². The highest BCUT2D eigenvalue weighted by atomic mass is 35.5. The van der Waals surface area contributed by atoms with E-state index in [2.05, 4.69) is 0 Å². The van der Waals surface area contributed by atoms with Gasteiger partial charge in [0.2, 0.25) is 0 Å². The lowest BCUT2D eigenvalue weighted by Gasteiger charge is -2.16. The molecule has 0 radical (unpaired) electrons. The SMILES string of the molecule is Cc1cc(C(O)c2ccc(Cl)c3ccccc23)ccc1Cl. The average molecular weight is 317 g/mol. The van der Waals surface area contributed by atoms with E-state index >= 15 is 0 Å². The van der Waals surface area contributed by atoms with Crippen molar-refractivity contribution in [1.29, 1.82) is 0 Å². The van der Waals surface area contributed by atoms with Crippen molar-refractivity contribution in [2.45, 2.75) is 13.0 Å². The Kier molecular flexibility index (Phi) is 3.90. The first-order valence-electron chi connectivity index (χ1n) is 6.69. The highest BCUT2D eigenvalue weighted by molar-refractivity contribution is 6.35. The van der Waals surface area contributed by atoms with Gasteiger partial charge in [0.1, 0.15) is 6.10 Å². The molecule has 3 heteroatoms. The summed E-state index contributed by atoms with van der Waals surface area (Å²) in [5.41, 5.74) is 2.62. The van der Waals surface area contributed by atoms with E-state index in [9.17, 15) is 5.11 Å². The highest BCUT2D eigenvalue weighted by Gasteiger charge is 2.15. The molecule has 1 nitrogen and oxygen atoms in total. The molecule has 3 aromatic carbocycles. The molecule has 0 aliphatic heterocycles. The van der Waals surface area contributed by atoms with Gasteiger partial charge in [-0.25, -0.2) is 0 Å². The fourth-order valence-electron chi connectivity index (χ4n) is 2.54. The van der Waals surface area contributed by atoms with Crippen LogP contribution in [0.3, 0.4) is 0 Å². The van der Waals surface area contributed by atoms with Gasteiger partial charge in [0.05, 0.1) is 0 Å². The Morgan fingerprint density at radius 1 is 0.857 bits per heavy atom. The van der Waals surface area contributed by atoms with Crippen molar-refractivity contribution in [2.24, 2.45) is 0 Å². The van der Waals surface area contributed by atoms with Gasteiger partial charge in [-0.2, -0.15) is 0 Å². The summed E-state index contributed by atoms with van der Waals surface area (Å²) in [5, 5.41) is 14.0. The summed E-state index contributed by atoms with van der Waals surface area (Å²) < 4.78 is 0. The fourth-order valence-corrected chi connectivity index (χ4v) is 2.89. The van der Waals surface area contributed by atoms with Gasteiger partial charge in [-0.1, -0.05) is 65.7 Å². The third kappa shape index (κ3) is 2.65. The second-order valence-corrected chi connectivity index (χ2v) is 5.91. The molecule has 3 aromatic rings. The van der Waals surface area contributed by atoms with Crippen LogP contribution in [0.25, 0.3) is 10.8 Å². The third-order valence-electron chi connectivity index (χ3n) is 3.70. The van der Waals surface area contributed by atoms with Crippen molar-refractivity contribution >= 4 is 34.0 Å². The number of halogens is 2. The van der Waals surface area contributed by atoms with Gasteiger partial charge in [-0.3, -0.25) is 0 Å². The highest BCUT2D eigenvalue weighted by Crippen LogP contribution is 2.33. The summed E-state index contributed by atoms with van der Waals surface area (Å²) >= 11 is 12.3. The van der Waals surface area contributed by atoms with Gasteiger partial charge < -0.3 is 5.11 Å². The number of hydrogen-bond donors (Lipinski definition) is 1. The molecule has 0 heterocycles. The maximum atomic E-state index is 10.7. The molecule has 0 aromatic heterocycles. The lowest BCUT2D eigenvalue weighted by atomic mass is 9.95. The molecule has 0 amide bonds. The Hall–Kier alpha value is -1.54. The van der Waals surface area contributed by atoms with E-state index in [1.165, 1.54) is 0 Å². The summed E-state index contributed by atoms with van der Waals surface area (Å²) in [6.07, 6.45) is -0.705. The maximum absolute atomic E-state index is 10.7. The van der Waals surface area contributed by atoms with Crippen LogP contribution in [-0.2, 0) is 0 Å². The summed E-state index contributed by atoms with van der Waals surface area (Å²) in [7, 11) is 0. The van der Waals surface area contributed by atoms with Crippen LogP contribution in [-0.4, -0.2) is 5.11 Å². The largest absolute Gasteiger partial charge is 0.384 e. The van der Waals surface area contributed by atoms with Crippen LogP contribution in [0, 0.1) is 6.92 Å². The summed E-state index contributed by atoms with van der Waals surface area (Å²) in [5.74, 6) is 0. The van der Waals surface area contributed by atoms with Crippen molar-refractivity contribution in [1.82, 2.24) is 0 Å². The molecule has 106 valence electrons. The smallest absolute Gasteiger partial charge is 0.105 e. The molecule has 0 spiro atoms. The Balaban J connectivity index is 2.15. The molecule has 1 atom stereocenters. The molecule has 1 N–H and O–H groups in total. The molecule has 0 bridgehead atoms. The number of hydrogen-bond acceptors (Lipinski definition) is 1. The van der Waals surface area contributed by atoms with E-state index in [-0.39, 0.29) is 0 Å². The van der Waals surface area contributed by atoms with Crippen molar-refractivity contribution in [3.05, 3.63) is 81.3 Å². The number of aryl methyl sites for hydroxylation is 1. The maximum Gasteiger partial charge on any atom is 0.105 e. The Labute approximate surface area is 133 Å². The Morgan fingerprint density at radius 3 is 2.24 bits per heavy atom. The van der Waals surface area contributed by atoms with E-state index in [1.54, 1.807) is 0 Å². The topological polar surface area (TPSA) is 20.2 Å². The molecule has 0 fully saturated rings. The summed E-state index contributed by atoms with van der Waals surface area (Å²) in [6, 6.07) is 17.1. The van der Waals surface area contributed by atoms with E-state index in [0.717, 1.165) is 27.5 Å². The second-order valence-electron chi connectivity index (χ2n) is 5.09. The quantitative estimate of drug-likeness (QED) is 0.658. The van der Waals surface area contributed by atoms with Crippen molar-refractivity contribution < 1.29 is 5.11 Å². The summed E-state index contributed by atoms with van der Waals surface area (Å²) in [6.45, 7) is 1.93. The molecule has 0 aliphatic rings. The molecule has 3 rings (SSSR count). The standard InChI is InChI=1S/C18H14Cl2O/c1-11-10-12(6-8-16(11)19)18(21)15-7-9-17(20)14-5-3-2-4-13(14)15/h2-10,18,21H,1H3. The number of rotatable bonds is 2.